The highest BCUT2D eigenvalue weighted by Crippen LogP contribution is 2.50. The number of urea groups is 1. The Morgan fingerprint density at radius 2 is 1.90 bits per heavy atom. The second-order valence-electron chi connectivity index (χ2n) is 10.6. The van der Waals surface area contributed by atoms with Gasteiger partial charge in [-0.15, -0.1) is 0 Å². The first-order valence-electron chi connectivity index (χ1n) is 13.4. The van der Waals surface area contributed by atoms with Gasteiger partial charge in [0.2, 0.25) is 0 Å². The van der Waals surface area contributed by atoms with Crippen LogP contribution in [-0.2, 0) is 11.6 Å². The minimum atomic E-state index is -4.61. The smallest absolute Gasteiger partial charge is 0.417 e. The van der Waals surface area contributed by atoms with Crippen molar-refractivity contribution in [2.45, 2.75) is 69.1 Å². The number of ether oxygens (including phenoxy) is 2. The van der Waals surface area contributed by atoms with E-state index in [1.54, 1.807) is 14.2 Å². The lowest BCUT2D eigenvalue weighted by Crippen LogP contribution is -2.54. The molecule has 0 spiro atoms. The zero-order valence-corrected chi connectivity index (χ0v) is 23.7. The highest BCUT2D eigenvalue weighted by molar-refractivity contribution is 6.31. The molecule has 1 heterocycles. The van der Waals surface area contributed by atoms with Crippen LogP contribution in [0.3, 0.4) is 0 Å². The molecular formula is C29H37ClF3N3O3. The van der Waals surface area contributed by atoms with E-state index in [1.807, 2.05) is 11.0 Å². The Labute approximate surface area is 233 Å². The van der Waals surface area contributed by atoms with Gasteiger partial charge in [-0.3, -0.25) is 0 Å². The number of hydrogen-bond donors (Lipinski definition) is 1. The first-order chi connectivity index (χ1) is 18.5. The van der Waals surface area contributed by atoms with Crippen LogP contribution in [0.15, 0.2) is 36.4 Å². The van der Waals surface area contributed by atoms with Crippen LogP contribution >= 0.6 is 11.6 Å². The molecule has 10 heteroatoms. The number of methoxy groups -OCH3 is 2. The number of anilines is 1. The fourth-order valence-electron chi connectivity index (χ4n) is 6.32. The van der Waals surface area contributed by atoms with Crippen molar-refractivity contribution >= 4 is 23.3 Å². The van der Waals surface area contributed by atoms with E-state index in [1.165, 1.54) is 17.7 Å². The van der Waals surface area contributed by atoms with Crippen LogP contribution in [0.1, 0.15) is 56.6 Å². The number of alkyl halides is 3. The molecule has 214 valence electrons. The summed E-state index contributed by atoms with van der Waals surface area (Å²) in [5, 5.41) is 2.32. The molecular weight excluding hydrogens is 531 g/mol. The monoisotopic (exact) mass is 567 g/mol. The number of amides is 2. The lowest BCUT2D eigenvalue weighted by Gasteiger charge is -2.47. The molecule has 6 nitrogen and oxygen atoms in total. The van der Waals surface area contributed by atoms with Crippen molar-refractivity contribution in [2.75, 3.05) is 39.7 Å². The van der Waals surface area contributed by atoms with Crippen LogP contribution in [0.2, 0.25) is 5.02 Å². The van der Waals surface area contributed by atoms with Gasteiger partial charge >= 0.3 is 12.2 Å². The summed E-state index contributed by atoms with van der Waals surface area (Å²) in [6, 6.07) is 9.40. The zero-order valence-electron chi connectivity index (χ0n) is 22.9. The van der Waals surface area contributed by atoms with Crippen LogP contribution in [-0.4, -0.2) is 62.3 Å². The first-order valence-corrected chi connectivity index (χ1v) is 13.8. The summed E-state index contributed by atoms with van der Waals surface area (Å²) in [7, 11) is 5.38. The highest BCUT2D eigenvalue weighted by Gasteiger charge is 2.51. The predicted octanol–water partition coefficient (Wildman–Crippen LogP) is 7.20. The number of unbranched alkanes of at least 4 members (excludes halogenated alkanes) is 1. The maximum atomic E-state index is 13.5. The van der Waals surface area contributed by atoms with Crippen LogP contribution in [0, 0.1) is 0 Å². The van der Waals surface area contributed by atoms with E-state index in [4.69, 9.17) is 21.1 Å². The van der Waals surface area contributed by atoms with Gasteiger partial charge < -0.3 is 24.6 Å². The van der Waals surface area contributed by atoms with Gasteiger partial charge in [-0.05, 0) is 81.6 Å². The number of benzene rings is 2. The van der Waals surface area contributed by atoms with Crippen molar-refractivity contribution in [1.82, 2.24) is 9.80 Å². The molecule has 0 radical (unpaired) electrons. The number of fused-ring (bicyclic) bond motifs is 1. The number of carbonyl (C=O) groups excluding carboxylic acids is 1. The normalized spacial score (nSPS) is 23.3. The summed E-state index contributed by atoms with van der Waals surface area (Å²) in [5.74, 6) is 1.39. The number of carbonyl (C=O) groups is 1. The zero-order chi connectivity index (χ0) is 28.4. The molecule has 2 aliphatic rings. The molecule has 1 aliphatic heterocycles. The molecule has 39 heavy (non-hydrogen) atoms. The van der Waals surface area contributed by atoms with E-state index >= 15 is 0 Å². The molecule has 2 fully saturated rings. The maximum absolute atomic E-state index is 13.5. The third kappa shape index (κ3) is 5.94. The largest absolute Gasteiger partial charge is 0.493 e. The summed E-state index contributed by atoms with van der Waals surface area (Å²) in [6.45, 7) is 3.53. The van der Waals surface area contributed by atoms with E-state index in [2.05, 4.69) is 36.3 Å². The molecule has 2 aromatic carbocycles. The highest BCUT2D eigenvalue weighted by atomic mass is 35.5. The number of rotatable bonds is 8. The van der Waals surface area contributed by atoms with E-state index in [-0.39, 0.29) is 29.2 Å². The molecule has 1 saturated heterocycles. The predicted molar refractivity (Wildman–Crippen MR) is 147 cm³/mol. The number of likely N-dealkylation sites (N-methyl/N-ethyl adjacent to an activating group) is 1. The van der Waals surface area contributed by atoms with E-state index in [0.29, 0.717) is 18.0 Å². The van der Waals surface area contributed by atoms with E-state index in [0.717, 1.165) is 51.1 Å². The maximum Gasteiger partial charge on any atom is 0.417 e. The van der Waals surface area contributed by atoms with Crippen molar-refractivity contribution < 1.29 is 27.4 Å². The summed E-state index contributed by atoms with van der Waals surface area (Å²) in [5.41, 5.74) is 0.243. The second kappa shape index (κ2) is 11.8. The van der Waals surface area contributed by atoms with Gasteiger partial charge in [-0.25, -0.2) is 4.79 Å². The van der Waals surface area contributed by atoms with Crippen molar-refractivity contribution in [1.29, 1.82) is 0 Å². The Hall–Kier alpha value is -2.65. The summed E-state index contributed by atoms with van der Waals surface area (Å²) in [6.07, 6.45) is 0.554. The quantitative estimate of drug-likeness (QED) is 0.366. The van der Waals surface area contributed by atoms with Crippen LogP contribution in [0.5, 0.6) is 11.5 Å². The molecule has 4 rings (SSSR count). The van der Waals surface area contributed by atoms with Gasteiger partial charge in [0.05, 0.1) is 24.8 Å². The summed E-state index contributed by atoms with van der Waals surface area (Å²) >= 11 is 5.77. The van der Waals surface area contributed by atoms with Crippen LogP contribution < -0.4 is 14.8 Å². The fourth-order valence-corrected chi connectivity index (χ4v) is 6.55. The van der Waals surface area contributed by atoms with E-state index in [9.17, 15) is 18.0 Å². The second-order valence-corrected chi connectivity index (χ2v) is 11.0. The minimum absolute atomic E-state index is 0.0373. The number of halogens is 4. The Morgan fingerprint density at radius 3 is 2.56 bits per heavy atom. The number of nitrogens with zero attached hydrogens (tertiary/aromatic N) is 2. The fraction of sp³-hybridized carbons (Fsp3) is 0.552. The molecule has 1 N–H and O–H groups in total. The lowest BCUT2D eigenvalue weighted by molar-refractivity contribution is -0.137. The van der Waals surface area contributed by atoms with Crippen LogP contribution in [0.4, 0.5) is 23.7 Å². The molecule has 1 aliphatic carbocycles. The number of hydrogen-bond acceptors (Lipinski definition) is 4. The topological polar surface area (TPSA) is 54.0 Å². The average molecular weight is 568 g/mol. The Balaban J connectivity index is 1.58. The van der Waals surface area contributed by atoms with E-state index < -0.39 is 16.8 Å². The molecule has 0 unspecified atom stereocenters. The van der Waals surface area contributed by atoms with Gasteiger partial charge in [-0.2, -0.15) is 13.2 Å². The standard InChI is InChI=1S/C29H37ClF3N3O3/c1-5-6-14-36(27(37)34-20-8-9-23(30)22(17-20)29(31,32)33)21-11-12-28(13-15-35(2)26(28)18-21)19-7-10-24(38-3)25(16-19)39-4/h7-10,16-17,21,26H,5-6,11-15,18H2,1-4H3,(H,34,37)/t21-,26-,28-/m0/s1. The number of likely N-dealkylation sites (tertiary alicyclic amines) is 1. The molecule has 1 saturated carbocycles. The van der Waals surface area contributed by atoms with Crippen LogP contribution in [0.25, 0.3) is 0 Å². The molecule has 2 aromatic rings. The first kappa shape index (κ1) is 29.3. The summed E-state index contributed by atoms with van der Waals surface area (Å²) < 4.78 is 51.2. The molecule has 0 bridgehead atoms. The van der Waals surface area contributed by atoms with Crippen molar-refractivity contribution in [2.24, 2.45) is 0 Å². The van der Waals surface area contributed by atoms with Gasteiger partial charge in [-0.1, -0.05) is 31.0 Å². The third-order valence-electron chi connectivity index (χ3n) is 8.44. The molecule has 2 amide bonds. The minimum Gasteiger partial charge on any atom is -0.493 e. The van der Waals surface area contributed by atoms with Gasteiger partial charge in [0.1, 0.15) is 0 Å². The van der Waals surface area contributed by atoms with Crippen molar-refractivity contribution in [3.63, 3.8) is 0 Å². The Kier molecular flexibility index (Phi) is 8.91. The van der Waals surface area contributed by atoms with Gasteiger partial charge in [0.15, 0.2) is 11.5 Å². The van der Waals surface area contributed by atoms with Gasteiger partial charge in [0, 0.05) is 29.7 Å². The summed E-state index contributed by atoms with van der Waals surface area (Å²) in [4.78, 5) is 17.7. The lowest BCUT2D eigenvalue weighted by atomic mass is 9.64. The van der Waals surface area contributed by atoms with Gasteiger partial charge in [0.25, 0.3) is 0 Å². The molecule has 0 aromatic heterocycles. The van der Waals surface area contributed by atoms with Crippen molar-refractivity contribution in [3.05, 3.63) is 52.5 Å². The average Bonchev–Trinajstić information content (AvgIpc) is 3.25. The van der Waals surface area contributed by atoms with Crippen molar-refractivity contribution in [3.8, 4) is 11.5 Å². The molecule has 3 atom stereocenters. The third-order valence-corrected chi connectivity index (χ3v) is 8.76. The number of nitrogens with one attached hydrogen (secondary N) is 1. The SMILES string of the molecule is CCCCN(C(=O)Nc1ccc(Cl)c(C(F)(F)F)c1)[C@H]1CC[C@@]2(c3ccc(OC)c(OC)c3)CCN(C)[C@H]2C1. The Bertz CT molecular complexity index is 1180. The Morgan fingerprint density at radius 1 is 1.15 bits per heavy atom.